The number of rotatable bonds is 4. The van der Waals surface area contributed by atoms with Crippen LogP contribution in [0.4, 0.5) is 0 Å². The van der Waals surface area contributed by atoms with Crippen LogP contribution in [0.5, 0.6) is 0 Å². The highest BCUT2D eigenvalue weighted by Gasteiger charge is 1.97. The van der Waals surface area contributed by atoms with Crippen LogP contribution in [-0.2, 0) is 9.63 Å². The summed E-state index contributed by atoms with van der Waals surface area (Å²) in [6, 6.07) is 0. The molecular weight excluding hydrogens is 134 g/mol. The van der Waals surface area contributed by atoms with Crippen molar-refractivity contribution < 1.29 is 14.7 Å². The van der Waals surface area contributed by atoms with Gasteiger partial charge in [-0.3, -0.25) is 4.79 Å². The van der Waals surface area contributed by atoms with Crippen LogP contribution in [0.2, 0.25) is 0 Å². The summed E-state index contributed by atoms with van der Waals surface area (Å²) in [6.07, 6.45) is 0.557. The molecule has 0 saturated carbocycles. The maximum atomic E-state index is 10.0. The summed E-state index contributed by atoms with van der Waals surface area (Å²) in [6.45, 7) is 1.73. The molecule has 0 aromatic heterocycles. The number of aliphatic carboxylic acids is 1. The topological polar surface area (TPSA) is 58.9 Å². The Labute approximate surface area is 59.5 Å². The fraction of sp³-hybridized carbons (Fsp3) is 0.667. The molecule has 0 unspecified atom stereocenters. The van der Waals surface area contributed by atoms with Gasteiger partial charge in [-0.2, -0.15) is 0 Å². The van der Waals surface area contributed by atoms with Crippen LogP contribution >= 0.6 is 0 Å². The summed E-state index contributed by atoms with van der Waals surface area (Å²) in [5.74, 6) is -0.814. The molecule has 0 saturated heterocycles. The van der Waals surface area contributed by atoms with Gasteiger partial charge in [0.25, 0.3) is 0 Å². The van der Waals surface area contributed by atoms with Crippen molar-refractivity contribution in [2.24, 2.45) is 5.16 Å². The van der Waals surface area contributed by atoms with Gasteiger partial charge >= 0.3 is 5.97 Å². The van der Waals surface area contributed by atoms with Crippen molar-refractivity contribution in [1.82, 2.24) is 0 Å². The summed E-state index contributed by atoms with van der Waals surface area (Å²) in [5, 5.41) is 11.8. The predicted molar refractivity (Wildman–Crippen MR) is 37.0 cm³/mol. The largest absolute Gasteiger partial charge is 0.481 e. The van der Waals surface area contributed by atoms with E-state index < -0.39 is 5.97 Å². The zero-order valence-corrected chi connectivity index (χ0v) is 6.13. The first-order valence-corrected chi connectivity index (χ1v) is 2.95. The van der Waals surface area contributed by atoms with Crippen LogP contribution in [0.3, 0.4) is 0 Å². The second kappa shape index (κ2) is 4.78. The Morgan fingerprint density at radius 1 is 1.60 bits per heavy atom. The molecule has 1 N–H and O–H groups in total. The Hall–Kier alpha value is -1.06. The molecule has 0 rings (SSSR count). The number of carboxylic acids is 1. The highest BCUT2D eigenvalue weighted by Crippen LogP contribution is 1.92. The molecule has 4 nitrogen and oxygen atoms in total. The standard InChI is InChI=1S/C6H11NO3/c1-5(7-10-2)3-4-6(8)9/h3-4H2,1-2H3,(H,8,9). The number of nitrogens with zero attached hydrogens (tertiary/aromatic N) is 1. The van der Waals surface area contributed by atoms with Crippen molar-refractivity contribution in [1.29, 1.82) is 0 Å². The third kappa shape index (κ3) is 5.08. The number of hydrogen-bond acceptors (Lipinski definition) is 3. The lowest BCUT2D eigenvalue weighted by atomic mass is 10.2. The Bertz CT molecular complexity index is 142. The third-order valence-corrected chi connectivity index (χ3v) is 0.948. The molecule has 0 bridgehead atoms. The average molecular weight is 145 g/mol. The predicted octanol–water partition coefficient (Wildman–Crippen LogP) is 0.874. The molecular formula is C6H11NO3. The first-order chi connectivity index (χ1) is 4.66. The third-order valence-electron chi connectivity index (χ3n) is 0.948. The highest BCUT2D eigenvalue weighted by molar-refractivity contribution is 5.84. The molecule has 0 spiro atoms. The van der Waals surface area contributed by atoms with Crippen molar-refractivity contribution in [2.75, 3.05) is 7.11 Å². The van der Waals surface area contributed by atoms with E-state index in [4.69, 9.17) is 5.11 Å². The van der Waals surface area contributed by atoms with Crippen LogP contribution < -0.4 is 0 Å². The van der Waals surface area contributed by atoms with Crippen LogP contribution in [0.25, 0.3) is 0 Å². The van der Waals surface area contributed by atoms with Gasteiger partial charge in [-0.25, -0.2) is 0 Å². The monoisotopic (exact) mass is 145 g/mol. The van der Waals surface area contributed by atoms with E-state index in [0.29, 0.717) is 12.1 Å². The molecule has 0 aromatic carbocycles. The quantitative estimate of drug-likeness (QED) is 0.471. The lowest BCUT2D eigenvalue weighted by molar-refractivity contribution is -0.136. The van der Waals surface area contributed by atoms with Crippen molar-refractivity contribution in [3.8, 4) is 0 Å². The van der Waals surface area contributed by atoms with Gasteiger partial charge in [-0.15, -0.1) is 0 Å². The van der Waals surface area contributed by atoms with E-state index >= 15 is 0 Å². The lowest BCUT2D eigenvalue weighted by Gasteiger charge is -1.94. The Morgan fingerprint density at radius 3 is 2.60 bits per heavy atom. The Kier molecular flexibility index (Phi) is 4.28. The zero-order valence-electron chi connectivity index (χ0n) is 6.13. The Balaban J connectivity index is 3.48. The SMILES string of the molecule is CON=C(C)CCC(=O)O. The molecule has 0 aliphatic rings. The number of hydrogen-bond donors (Lipinski definition) is 1. The molecule has 0 heterocycles. The minimum absolute atomic E-state index is 0.110. The fourth-order valence-corrected chi connectivity index (χ4v) is 0.489. The van der Waals surface area contributed by atoms with Gasteiger partial charge in [-0.05, 0) is 13.3 Å². The smallest absolute Gasteiger partial charge is 0.303 e. The fourth-order valence-electron chi connectivity index (χ4n) is 0.489. The highest BCUT2D eigenvalue weighted by atomic mass is 16.6. The zero-order chi connectivity index (χ0) is 7.98. The normalized spacial score (nSPS) is 11.2. The summed E-state index contributed by atoms with van der Waals surface area (Å²) in [5.41, 5.74) is 0.699. The van der Waals surface area contributed by atoms with E-state index in [2.05, 4.69) is 9.99 Å². The van der Waals surface area contributed by atoms with E-state index in [1.165, 1.54) is 7.11 Å². The molecule has 4 heteroatoms. The second-order valence-corrected chi connectivity index (χ2v) is 1.90. The average Bonchev–Trinajstić information content (AvgIpc) is 1.85. The van der Waals surface area contributed by atoms with Crippen LogP contribution in [0.1, 0.15) is 19.8 Å². The molecule has 10 heavy (non-hydrogen) atoms. The second-order valence-electron chi connectivity index (χ2n) is 1.90. The number of carboxylic acid groups (broad SMARTS) is 1. The number of carbonyl (C=O) groups is 1. The summed E-state index contributed by atoms with van der Waals surface area (Å²) in [7, 11) is 1.43. The van der Waals surface area contributed by atoms with Gasteiger partial charge in [0.2, 0.25) is 0 Å². The molecule has 0 aromatic rings. The molecule has 0 atom stereocenters. The molecule has 0 aliphatic heterocycles. The number of oxime groups is 1. The maximum absolute atomic E-state index is 10.0. The van der Waals surface area contributed by atoms with E-state index in [1.54, 1.807) is 6.92 Å². The summed E-state index contributed by atoms with van der Waals surface area (Å²) >= 11 is 0. The van der Waals surface area contributed by atoms with E-state index in [0.717, 1.165) is 0 Å². The molecule has 0 amide bonds. The summed E-state index contributed by atoms with van der Waals surface area (Å²) < 4.78 is 0. The summed E-state index contributed by atoms with van der Waals surface area (Å²) in [4.78, 5) is 14.4. The van der Waals surface area contributed by atoms with Gasteiger partial charge in [0, 0.05) is 0 Å². The van der Waals surface area contributed by atoms with Crippen LogP contribution in [0.15, 0.2) is 5.16 Å². The van der Waals surface area contributed by atoms with Gasteiger partial charge in [-0.1, -0.05) is 5.16 Å². The van der Waals surface area contributed by atoms with Crippen LogP contribution in [-0.4, -0.2) is 23.9 Å². The van der Waals surface area contributed by atoms with Gasteiger partial charge in [0.1, 0.15) is 7.11 Å². The van der Waals surface area contributed by atoms with Crippen molar-refractivity contribution in [2.45, 2.75) is 19.8 Å². The molecule has 0 radical (unpaired) electrons. The molecule has 58 valence electrons. The van der Waals surface area contributed by atoms with Gasteiger partial charge in [0.15, 0.2) is 0 Å². The van der Waals surface area contributed by atoms with Gasteiger partial charge < -0.3 is 9.94 Å². The Morgan fingerprint density at radius 2 is 2.20 bits per heavy atom. The maximum Gasteiger partial charge on any atom is 0.303 e. The molecule has 0 aliphatic carbocycles. The van der Waals surface area contributed by atoms with Crippen LogP contribution in [0, 0.1) is 0 Å². The van der Waals surface area contributed by atoms with Crippen molar-refractivity contribution in [3.05, 3.63) is 0 Å². The molecule has 0 fully saturated rings. The first kappa shape index (κ1) is 8.94. The van der Waals surface area contributed by atoms with Gasteiger partial charge in [0.05, 0.1) is 12.1 Å². The minimum Gasteiger partial charge on any atom is -0.481 e. The van der Waals surface area contributed by atoms with Crippen molar-refractivity contribution in [3.63, 3.8) is 0 Å². The minimum atomic E-state index is -0.814. The van der Waals surface area contributed by atoms with E-state index in [1.807, 2.05) is 0 Å². The van der Waals surface area contributed by atoms with E-state index in [-0.39, 0.29) is 6.42 Å². The lowest BCUT2D eigenvalue weighted by Crippen LogP contribution is -1.99. The van der Waals surface area contributed by atoms with E-state index in [9.17, 15) is 4.79 Å². The first-order valence-electron chi connectivity index (χ1n) is 2.95. The van der Waals surface area contributed by atoms with Crippen molar-refractivity contribution >= 4 is 11.7 Å².